The van der Waals surface area contributed by atoms with Crippen molar-refractivity contribution in [1.29, 1.82) is 0 Å². The first-order valence-electron chi connectivity index (χ1n) is 11.9. The Morgan fingerprint density at radius 3 is 2.45 bits per heavy atom. The summed E-state index contributed by atoms with van der Waals surface area (Å²) in [5.41, 5.74) is -0.687. The van der Waals surface area contributed by atoms with Gasteiger partial charge in [0.25, 0.3) is 0 Å². The Hall–Kier alpha value is -3.77. The van der Waals surface area contributed by atoms with Crippen LogP contribution in [-0.4, -0.2) is 40.7 Å². The van der Waals surface area contributed by atoms with E-state index in [0.717, 1.165) is 10.7 Å². The van der Waals surface area contributed by atoms with Crippen molar-refractivity contribution in [3.8, 4) is 17.3 Å². The molecule has 1 atom stereocenters. The molecule has 3 N–H and O–H groups in total. The van der Waals surface area contributed by atoms with Gasteiger partial charge in [-0.25, -0.2) is 22.3 Å². The summed E-state index contributed by atoms with van der Waals surface area (Å²) in [5, 5.41) is 16.4. The molecular formula is C26H31FN4O6S. The molecule has 204 valence electrons. The van der Waals surface area contributed by atoms with Crippen molar-refractivity contribution in [3.63, 3.8) is 0 Å². The highest BCUT2D eigenvalue weighted by Gasteiger charge is 2.29. The number of halogens is 1. The third kappa shape index (κ3) is 6.56. The number of carbonyl (C=O) groups excluding carboxylic acids is 1. The lowest BCUT2D eigenvalue weighted by Crippen LogP contribution is -2.40. The van der Waals surface area contributed by atoms with Gasteiger partial charge in [0.15, 0.2) is 5.69 Å². The lowest BCUT2D eigenvalue weighted by atomic mass is 10.1. The largest absolute Gasteiger partial charge is 0.476 e. The Bertz CT molecular complexity index is 1480. The minimum atomic E-state index is -4.19. The number of carbonyl (C=O) groups is 2. The Kier molecular flexibility index (Phi) is 8.27. The van der Waals surface area contributed by atoms with E-state index in [1.54, 1.807) is 27.7 Å². The van der Waals surface area contributed by atoms with Crippen molar-refractivity contribution >= 4 is 27.6 Å². The van der Waals surface area contributed by atoms with Crippen LogP contribution in [0.4, 0.5) is 10.1 Å². The number of amides is 1. The number of ether oxygens (including phenoxy) is 1. The van der Waals surface area contributed by atoms with Crippen molar-refractivity contribution in [1.82, 2.24) is 14.5 Å². The monoisotopic (exact) mass is 546 g/mol. The quantitative estimate of drug-likeness (QED) is 0.348. The molecule has 1 amide bonds. The fraction of sp³-hybridized carbons (Fsp3) is 0.346. The van der Waals surface area contributed by atoms with E-state index in [1.807, 2.05) is 6.92 Å². The van der Waals surface area contributed by atoms with Crippen LogP contribution >= 0.6 is 0 Å². The molecule has 0 radical (unpaired) electrons. The number of nitrogens with one attached hydrogen (secondary N) is 2. The molecule has 1 heterocycles. The second kappa shape index (κ2) is 10.9. The van der Waals surface area contributed by atoms with Gasteiger partial charge in [0.2, 0.25) is 21.8 Å². The van der Waals surface area contributed by atoms with E-state index < -0.39 is 27.3 Å². The van der Waals surface area contributed by atoms with Gasteiger partial charge in [0.1, 0.15) is 16.5 Å². The maximum absolute atomic E-state index is 14.0. The second-order valence-electron chi connectivity index (χ2n) is 9.89. The highest BCUT2D eigenvalue weighted by Crippen LogP contribution is 2.36. The van der Waals surface area contributed by atoms with Gasteiger partial charge in [-0.2, -0.15) is 9.78 Å². The molecule has 10 nitrogen and oxygen atoms in total. The van der Waals surface area contributed by atoms with Crippen molar-refractivity contribution < 1.29 is 32.2 Å². The van der Waals surface area contributed by atoms with Crippen LogP contribution in [0.15, 0.2) is 47.4 Å². The van der Waals surface area contributed by atoms with Crippen LogP contribution in [-0.2, 0) is 14.8 Å². The molecule has 0 bridgehead atoms. The zero-order valence-corrected chi connectivity index (χ0v) is 22.8. The first-order valence-corrected chi connectivity index (χ1v) is 13.4. The molecule has 0 aliphatic carbocycles. The number of aromatic carboxylic acids is 1. The van der Waals surface area contributed by atoms with E-state index in [2.05, 4.69) is 15.1 Å². The summed E-state index contributed by atoms with van der Waals surface area (Å²) in [6.45, 7) is 10.1. The third-order valence-electron chi connectivity index (χ3n) is 5.53. The molecule has 3 aromatic rings. The first kappa shape index (κ1) is 28.8. The van der Waals surface area contributed by atoms with Gasteiger partial charge in [0, 0.05) is 22.7 Å². The van der Waals surface area contributed by atoms with E-state index >= 15 is 0 Å². The van der Waals surface area contributed by atoms with Gasteiger partial charge in [-0.1, -0.05) is 19.9 Å². The molecule has 1 aromatic heterocycles. The van der Waals surface area contributed by atoms with Crippen LogP contribution in [0.1, 0.15) is 57.1 Å². The molecule has 0 saturated heterocycles. The molecule has 0 aliphatic rings. The highest BCUT2D eigenvalue weighted by molar-refractivity contribution is 7.89. The van der Waals surface area contributed by atoms with Crippen molar-refractivity contribution in [2.75, 3.05) is 5.32 Å². The van der Waals surface area contributed by atoms with E-state index in [0.29, 0.717) is 6.42 Å². The third-order valence-corrected chi connectivity index (χ3v) is 7.31. The van der Waals surface area contributed by atoms with E-state index in [-0.39, 0.29) is 51.0 Å². The van der Waals surface area contributed by atoms with E-state index in [1.165, 1.54) is 43.3 Å². The molecule has 0 fully saturated rings. The molecule has 38 heavy (non-hydrogen) atoms. The van der Waals surface area contributed by atoms with Crippen molar-refractivity contribution in [2.45, 2.75) is 58.4 Å². The van der Waals surface area contributed by atoms with Gasteiger partial charge in [-0.05, 0) is 70.5 Å². The molecule has 1 unspecified atom stereocenters. The summed E-state index contributed by atoms with van der Waals surface area (Å²) in [5.74, 6) is -2.77. The topological polar surface area (TPSA) is 140 Å². The van der Waals surface area contributed by atoms with Crippen LogP contribution in [0.5, 0.6) is 11.6 Å². The fourth-order valence-electron chi connectivity index (χ4n) is 3.48. The molecule has 12 heteroatoms. The number of hydrogen-bond acceptors (Lipinski definition) is 6. The standard InChI is InChI=1S/C26H31FN4O6S/c1-7-15(2)23(32)28-18-11-12-20(21(14-18)38(35,36)30-26(4,5)6)37-24-16(3)22(25(33)34)29-31(24)19-10-8-9-17(27)13-19/h8-15,30H,7H2,1-6H3,(H,28,32)(H,33,34). The number of nitrogens with zero attached hydrogens (tertiary/aromatic N) is 2. The lowest BCUT2D eigenvalue weighted by Gasteiger charge is -2.22. The second-order valence-corrected chi connectivity index (χ2v) is 11.5. The van der Waals surface area contributed by atoms with Crippen LogP contribution in [0.25, 0.3) is 5.69 Å². The van der Waals surface area contributed by atoms with Crippen molar-refractivity contribution in [3.05, 3.63) is 59.5 Å². The van der Waals surface area contributed by atoms with Crippen LogP contribution in [0.2, 0.25) is 0 Å². The summed E-state index contributed by atoms with van der Waals surface area (Å²) in [4.78, 5) is 23.9. The van der Waals surface area contributed by atoms with Gasteiger partial charge < -0.3 is 15.2 Å². The van der Waals surface area contributed by atoms with Crippen LogP contribution < -0.4 is 14.8 Å². The Labute approximate surface area is 220 Å². The summed E-state index contributed by atoms with van der Waals surface area (Å²) < 4.78 is 50.5. The normalized spacial score (nSPS) is 12.7. The minimum absolute atomic E-state index is 0.100. The Morgan fingerprint density at radius 1 is 1.18 bits per heavy atom. The molecule has 2 aromatic carbocycles. The number of hydrogen-bond donors (Lipinski definition) is 3. The highest BCUT2D eigenvalue weighted by atomic mass is 32.2. The average molecular weight is 547 g/mol. The van der Waals surface area contributed by atoms with Gasteiger partial charge in [-0.15, -0.1) is 0 Å². The summed E-state index contributed by atoms with van der Waals surface area (Å²) >= 11 is 0. The maximum Gasteiger partial charge on any atom is 0.356 e. The summed E-state index contributed by atoms with van der Waals surface area (Å²) in [7, 11) is -4.19. The fourth-order valence-corrected chi connectivity index (χ4v) is 5.05. The number of anilines is 1. The average Bonchev–Trinajstić information content (AvgIpc) is 3.14. The van der Waals surface area contributed by atoms with E-state index in [4.69, 9.17) is 4.74 Å². The summed E-state index contributed by atoms with van der Waals surface area (Å²) in [6.07, 6.45) is 0.596. The number of aromatic nitrogens is 2. The molecular weight excluding hydrogens is 515 g/mol. The van der Waals surface area contributed by atoms with Gasteiger partial charge in [-0.3, -0.25) is 4.79 Å². The van der Waals surface area contributed by atoms with E-state index in [9.17, 15) is 27.5 Å². The smallest absolute Gasteiger partial charge is 0.356 e. The Balaban J connectivity index is 2.19. The number of carboxylic acids is 1. The SMILES string of the molecule is CCC(C)C(=O)Nc1ccc(Oc2c(C)c(C(=O)O)nn2-c2cccc(F)c2)c(S(=O)(=O)NC(C)(C)C)c1. The zero-order valence-electron chi connectivity index (χ0n) is 22.0. The lowest BCUT2D eigenvalue weighted by molar-refractivity contribution is -0.119. The number of carboxylic acid groups (broad SMARTS) is 1. The summed E-state index contributed by atoms with van der Waals surface area (Å²) in [6, 6.07) is 9.36. The minimum Gasteiger partial charge on any atom is -0.476 e. The van der Waals surface area contributed by atoms with Crippen LogP contribution in [0.3, 0.4) is 0 Å². The predicted molar refractivity (Wildman–Crippen MR) is 140 cm³/mol. The van der Waals surface area contributed by atoms with Crippen molar-refractivity contribution in [2.24, 2.45) is 5.92 Å². The molecule has 3 rings (SSSR count). The van der Waals surface area contributed by atoms with Gasteiger partial charge in [0.05, 0.1) is 5.69 Å². The maximum atomic E-state index is 14.0. The first-order chi connectivity index (χ1) is 17.6. The molecule has 0 aliphatic heterocycles. The van der Waals surface area contributed by atoms with Crippen LogP contribution in [0, 0.1) is 18.7 Å². The zero-order chi connectivity index (χ0) is 28.4. The van der Waals surface area contributed by atoms with Gasteiger partial charge >= 0.3 is 5.97 Å². The number of benzene rings is 2. The number of rotatable bonds is 9. The number of sulfonamides is 1. The molecule has 0 spiro atoms. The predicted octanol–water partition coefficient (Wildman–Crippen LogP) is 4.87. The Morgan fingerprint density at radius 2 is 1.87 bits per heavy atom. The molecule has 0 saturated carbocycles.